The Hall–Kier alpha value is -1.35. The number of anilines is 1. The molecule has 1 aromatic carbocycles. The van der Waals surface area contributed by atoms with E-state index in [1.165, 1.54) is 17.5 Å². The lowest BCUT2D eigenvalue weighted by Crippen LogP contribution is -1.98. The van der Waals surface area contributed by atoms with Gasteiger partial charge >= 0.3 is 0 Å². The van der Waals surface area contributed by atoms with E-state index in [0.717, 1.165) is 30.2 Å². The van der Waals surface area contributed by atoms with E-state index in [2.05, 4.69) is 53.8 Å². The third-order valence-corrected chi connectivity index (χ3v) is 3.62. The molecular formula is C15H20N2S. The van der Waals surface area contributed by atoms with Crippen LogP contribution < -0.4 is 5.32 Å². The number of nitrogens with one attached hydrogen (secondary N) is 1. The molecule has 0 amide bonds. The van der Waals surface area contributed by atoms with Gasteiger partial charge in [-0.1, -0.05) is 44.5 Å². The zero-order chi connectivity index (χ0) is 12.8. The summed E-state index contributed by atoms with van der Waals surface area (Å²) in [5.74, 6) is 0. The Morgan fingerprint density at radius 2 is 1.89 bits per heavy atom. The number of aromatic nitrogens is 1. The largest absolute Gasteiger partial charge is 0.362 e. The van der Waals surface area contributed by atoms with E-state index in [1.54, 1.807) is 11.3 Å². The van der Waals surface area contributed by atoms with Crippen LogP contribution in [-0.2, 0) is 6.42 Å². The molecule has 2 nitrogen and oxygen atoms in total. The van der Waals surface area contributed by atoms with Crippen LogP contribution in [0.3, 0.4) is 0 Å². The summed E-state index contributed by atoms with van der Waals surface area (Å²) in [7, 11) is 0. The second-order valence-corrected chi connectivity index (χ2v) is 5.27. The highest BCUT2D eigenvalue weighted by Gasteiger charge is 2.03. The van der Waals surface area contributed by atoms with E-state index in [-0.39, 0.29) is 0 Å². The summed E-state index contributed by atoms with van der Waals surface area (Å²) < 4.78 is 0. The summed E-state index contributed by atoms with van der Waals surface area (Å²) in [5, 5.41) is 6.46. The summed E-state index contributed by atoms with van der Waals surface area (Å²) >= 11 is 1.68. The molecule has 0 aliphatic carbocycles. The maximum absolute atomic E-state index is 4.60. The van der Waals surface area contributed by atoms with E-state index < -0.39 is 0 Å². The average Bonchev–Trinajstić information content (AvgIpc) is 2.86. The van der Waals surface area contributed by atoms with Crippen LogP contribution in [0.4, 0.5) is 5.13 Å². The minimum atomic E-state index is 0.988. The number of hydrogen-bond donors (Lipinski definition) is 1. The lowest BCUT2D eigenvalue weighted by molar-refractivity contribution is 0.922. The average molecular weight is 260 g/mol. The molecule has 1 N–H and O–H groups in total. The van der Waals surface area contributed by atoms with Crippen LogP contribution in [0, 0.1) is 0 Å². The zero-order valence-electron chi connectivity index (χ0n) is 11.1. The van der Waals surface area contributed by atoms with E-state index in [4.69, 9.17) is 0 Å². The van der Waals surface area contributed by atoms with E-state index in [9.17, 15) is 0 Å². The number of rotatable bonds is 6. The third kappa shape index (κ3) is 3.33. The Bertz CT molecular complexity index is 473. The van der Waals surface area contributed by atoms with Crippen LogP contribution in [-0.4, -0.2) is 11.5 Å². The molecule has 0 saturated carbocycles. The molecule has 0 atom stereocenters. The molecular weight excluding hydrogens is 240 g/mol. The lowest BCUT2D eigenvalue weighted by atomic mass is 10.1. The van der Waals surface area contributed by atoms with Gasteiger partial charge in [0.15, 0.2) is 5.13 Å². The van der Waals surface area contributed by atoms with Crippen molar-refractivity contribution in [1.82, 2.24) is 4.98 Å². The van der Waals surface area contributed by atoms with Gasteiger partial charge in [-0.2, -0.15) is 0 Å². The van der Waals surface area contributed by atoms with Crippen LogP contribution in [0.5, 0.6) is 0 Å². The van der Waals surface area contributed by atoms with Crippen molar-refractivity contribution in [2.45, 2.75) is 33.1 Å². The van der Waals surface area contributed by atoms with Crippen LogP contribution >= 0.6 is 11.3 Å². The van der Waals surface area contributed by atoms with E-state index in [0.29, 0.717) is 0 Å². The van der Waals surface area contributed by atoms with Crippen molar-refractivity contribution in [2.24, 2.45) is 0 Å². The van der Waals surface area contributed by atoms with Crippen molar-refractivity contribution < 1.29 is 0 Å². The quantitative estimate of drug-likeness (QED) is 0.822. The summed E-state index contributed by atoms with van der Waals surface area (Å²) in [6, 6.07) is 8.75. The fourth-order valence-electron chi connectivity index (χ4n) is 1.85. The van der Waals surface area contributed by atoms with Gasteiger partial charge in [0.05, 0.1) is 5.69 Å². The summed E-state index contributed by atoms with van der Waals surface area (Å²) in [6.07, 6.45) is 3.47. The smallest absolute Gasteiger partial charge is 0.183 e. The molecule has 0 aliphatic heterocycles. The monoisotopic (exact) mass is 260 g/mol. The van der Waals surface area contributed by atoms with Crippen molar-refractivity contribution >= 4 is 16.5 Å². The number of hydrogen-bond acceptors (Lipinski definition) is 3. The first-order chi connectivity index (χ1) is 8.83. The first-order valence-corrected chi connectivity index (χ1v) is 7.50. The summed E-state index contributed by atoms with van der Waals surface area (Å²) in [6.45, 7) is 5.36. The van der Waals surface area contributed by atoms with Crippen molar-refractivity contribution in [1.29, 1.82) is 0 Å². The molecule has 0 radical (unpaired) electrons. The van der Waals surface area contributed by atoms with Crippen LogP contribution in [0.1, 0.15) is 32.3 Å². The minimum Gasteiger partial charge on any atom is -0.362 e. The molecule has 2 rings (SSSR count). The molecule has 0 aliphatic rings. The lowest BCUT2D eigenvalue weighted by Gasteiger charge is -2.01. The van der Waals surface area contributed by atoms with Crippen molar-refractivity contribution in [2.75, 3.05) is 11.9 Å². The fraction of sp³-hybridized carbons (Fsp3) is 0.400. The molecule has 0 fully saturated rings. The van der Waals surface area contributed by atoms with Crippen LogP contribution in [0.15, 0.2) is 29.6 Å². The number of aryl methyl sites for hydroxylation is 1. The maximum Gasteiger partial charge on any atom is 0.183 e. The molecule has 0 saturated heterocycles. The second-order valence-electron chi connectivity index (χ2n) is 4.41. The second kappa shape index (κ2) is 6.55. The molecule has 0 spiro atoms. The van der Waals surface area contributed by atoms with Gasteiger partial charge < -0.3 is 5.32 Å². The van der Waals surface area contributed by atoms with Crippen molar-refractivity contribution in [3.63, 3.8) is 0 Å². The van der Waals surface area contributed by atoms with E-state index >= 15 is 0 Å². The first-order valence-electron chi connectivity index (χ1n) is 6.62. The van der Waals surface area contributed by atoms with Crippen LogP contribution in [0.25, 0.3) is 11.3 Å². The third-order valence-electron chi connectivity index (χ3n) is 2.82. The first kappa shape index (κ1) is 13.1. The van der Waals surface area contributed by atoms with Crippen molar-refractivity contribution in [3.05, 3.63) is 35.2 Å². The Labute approximate surface area is 113 Å². The standard InChI is InChI=1S/C15H20N2S/c1-3-5-12-6-8-13(9-7-12)14-11-18-15(17-14)16-10-4-2/h6-9,11H,3-5,10H2,1-2H3,(H,16,17). The van der Waals surface area contributed by atoms with Gasteiger partial charge in [-0.05, 0) is 18.4 Å². The highest BCUT2D eigenvalue weighted by Crippen LogP contribution is 2.25. The Kier molecular flexibility index (Phi) is 4.76. The van der Waals surface area contributed by atoms with Gasteiger partial charge in [0.2, 0.25) is 0 Å². The molecule has 18 heavy (non-hydrogen) atoms. The number of thiazole rings is 1. The predicted octanol–water partition coefficient (Wildman–Crippen LogP) is 4.58. The molecule has 0 bridgehead atoms. The van der Waals surface area contributed by atoms with Crippen molar-refractivity contribution in [3.8, 4) is 11.3 Å². The Morgan fingerprint density at radius 3 is 2.56 bits per heavy atom. The molecule has 3 heteroatoms. The predicted molar refractivity (Wildman–Crippen MR) is 80.3 cm³/mol. The van der Waals surface area contributed by atoms with Crippen LogP contribution in [0.2, 0.25) is 0 Å². The normalized spacial score (nSPS) is 10.6. The maximum atomic E-state index is 4.60. The highest BCUT2D eigenvalue weighted by molar-refractivity contribution is 7.14. The number of nitrogens with zero attached hydrogens (tertiary/aromatic N) is 1. The van der Waals surface area contributed by atoms with Gasteiger partial charge in [-0.15, -0.1) is 11.3 Å². The van der Waals surface area contributed by atoms with Gasteiger partial charge in [0.25, 0.3) is 0 Å². The molecule has 0 unspecified atom stereocenters. The molecule has 2 aromatic rings. The molecule has 1 heterocycles. The Morgan fingerprint density at radius 1 is 1.11 bits per heavy atom. The highest BCUT2D eigenvalue weighted by atomic mass is 32.1. The van der Waals surface area contributed by atoms with Gasteiger partial charge in [-0.25, -0.2) is 4.98 Å². The van der Waals surface area contributed by atoms with Gasteiger partial charge in [-0.3, -0.25) is 0 Å². The number of benzene rings is 1. The molecule has 96 valence electrons. The van der Waals surface area contributed by atoms with Gasteiger partial charge in [0.1, 0.15) is 0 Å². The summed E-state index contributed by atoms with van der Waals surface area (Å²) in [5.41, 5.74) is 3.68. The minimum absolute atomic E-state index is 0.988. The molecule has 1 aromatic heterocycles. The zero-order valence-corrected chi connectivity index (χ0v) is 11.9. The Balaban J connectivity index is 2.08. The van der Waals surface area contributed by atoms with E-state index in [1.807, 2.05) is 0 Å². The topological polar surface area (TPSA) is 24.9 Å². The fourth-order valence-corrected chi connectivity index (χ4v) is 2.60. The SMILES string of the molecule is CCCNc1nc(-c2ccc(CCC)cc2)cs1. The van der Waals surface area contributed by atoms with Gasteiger partial charge in [0, 0.05) is 17.5 Å². The summed E-state index contributed by atoms with van der Waals surface area (Å²) in [4.78, 5) is 4.60.